The van der Waals surface area contributed by atoms with Gasteiger partial charge in [0.1, 0.15) is 11.3 Å². The molecule has 3 rings (SSSR count). The van der Waals surface area contributed by atoms with Crippen LogP contribution in [0.25, 0.3) is 5.65 Å². The van der Waals surface area contributed by atoms with Crippen LogP contribution in [0.15, 0.2) is 36.5 Å². The minimum absolute atomic E-state index is 0.109. The highest BCUT2D eigenvalue weighted by atomic mass is 16.2. The number of anilines is 1. The molecule has 2 aromatic heterocycles. The molecule has 0 saturated heterocycles. The first-order valence-electron chi connectivity index (χ1n) is 8.35. The fraction of sp³-hybridized carbons (Fsp3) is 0.300. The number of benzene rings is 1. The van der Waals surface area contributed by atoms with E-state index in [1.807, 2.05) is 55.6 Å². The standard InChI is InChI=1S/C20H23N3O/c1-5-6-17-19(23-10-9-14(3)12-18(23)21-17)20(24)22-16-8-7-13(2)11-15(16)4/h7-12H,5-6H2,1-4H3,(H,22,24). The summed E-state index contributed by atoms with van der Waals surface area (Å²) < 4.78 is 1.89. The van der Waals surface area contributed by atoms with Gasteiger partial charge in [-0.15, -0.1) is 0 Å². The van der Waals surface area contributed by atoms with Crippen molar-refractivity contribution in [1.82, 2.24) is 9.38 Å². The summed E-state index contributed by atoms with van der Waals surface area (Å²) in [6.07, 6.45) is 3.66. The number of hydrogen-bond acceptors (Lipinski definition) is 2. The maximum absolute atomic E-state index is 12.9. The van der Waals surface area contributed by atoms with Crippen LogP contribution in [0.1, 0.15) is 46.2 Å². The highest BCUT2D eigenvalue weighted by Gasteiger charge is 2.19. The first-order chi connectivity index (χ1) is 11.5. The molecular weight excluding hydrogens is 298 g/mol. The first-order valence-corrected chi connectivity index (χ1v) is 8.35. The number of carbonyl (C=O) groups is 1. The maximum atomic E-state index is 12.9. The molecular formula is C20H23N3O. The highest BCUT2D eigenvalue weighted by molar-refractivity contribution is 6.05. The van der Waals surface area contributed by atoms with E-state index in [2.05, 4.69) is 23.3 Å². The summed E-state index contributed by atoms with van der Waals surface area (Å²) in [4.78, 5) is 17.6. The van der Waals surface area contributed by atoms with Crippen LogP contribution in [0.2, 0.25) is 0 Å². The van der Waals surface area contributed by atoms with Gasteiger partial charge in [-0.25, -0.2) is 4.98 Å². The lowest BCUT2D eigenvalue weighted by Gasteiger charge is -2.10. The number of hydrogen-bond donors (Lipinski definition) is 1. The van der Waals surface area contributed by atoms with Crippen molar-refractivity contribution in [3.05, 3.63) is 64.6 Å². The number of nitrogens with one attached hydrogen (secondary N) is 1. The molecule has 0 aliphatic heterocycles. The Bertz CT molecular complexity index is 909. The summed E-state index contributed by atoms with van der Waals surface area (Å²) in [6.45, 7) is 8.18. The molecule has 1 amide bonds. The molecule has 0 bridgehead atoms. The Morgan fingerprint density at radius 1 is 1.12 bits per heavy atom. The molecule has 24 heavy (non-hydrogen) atoms. The van der Waals surface area contributed by atoms with E-state index in [-0.39, 0.29) is 5.91 Å². The largest absolute Gasteiger partial charge is 0.320 e. The normalized spacial score (nSPS) is 11.0. The lowest BCUT2D eigenvalue weighted by atomic mass is 10.1. The van der Waals surface area contributed by atoms with E-state index < -0.39 is 0 Å². The van der Waals surface area contributed by atoms with Crippen LogP contribution in [0.4, 0.5) is 5.69 Å². The zero-order chi connectivity index (χ0) is 17.3. The van der Waals surface area contributed by atoms with Gasteiger partial charge in [-0.1, -0.05) is 31.0 Å². The molecule has 0 fully saturated rings. The Kier molecular flexibility index (Phi) is 4.38. The smallest absolute Gasteiger partial charge is 0.274 e. The Labute approximate surface area is 142 Å². The predicted octanol–water partition coefficient (Wildman–Crippen LogP) is 4.46. The van der Waals surface area contributed by atoms with E-state index in [1.165, 1.54) is 5.56 Å². The van der Waals surface area contributed by atoms with Gasteiger partial charge in [-0.2, -0.15) is 0 Å². The summed E-state index contributed by atoms with van der Waals surface area (Å²) >= 11 is 0. The summed E-state index contributed by atoms with van der Waals surface area (Å²) in [5.41, 5.74) is 6.53. The fourth-order valence-corrected chi connectivity index (χ4v) is 2.98. The second-order valence-electron chi connectivity index (χ2n) is 6.36. The second kappa shape index (κ2) is 6.48. The number of pyridine rings is 1. The molecule has 0 radical (unpaired) electrons. The molecule has 4 heteroatoms. The van der Waals surface area contributed by atoms with Gasteiger partial charge in [0.2, 0.25) is 0 Å². The van der Waals surface area contributed by atoms with E-state index in [1.54, 1.807) is 0 Å². The van der Waals surface area contributed by atoms with Crippen molar-refractivity contribution in [2.45, 2.75) is 40.5 Å². The van der Waals surface area contributed by atoms with Gasteiger partial charge in [0, 0.05) is 11.9 Å². The lowest BCUT2D eigenvalue weighted by Crippen LogP contribution is -2.17. The quantitative estimate of drug-likeness (QED) is 0.771. The summed E-state index contributed by atoms with van der Waals surface area (Å²) in [5, 5.41) is 3.05. The summed E-state index contributed by atoms with van der Waals surface area (Å²) in [5.74, 6) is -0.109. The maximum Gasteiger partial charge on any atom is 0.274 e. The van der Waals surface area contributed by atoms with Crippen LogP contribution in [0.5, 0.6) is 0 Å². The van der Waals surface area contributed by atoms with Gasteiger partial charge in [-0.3, -0.25) is 9.20 Å². The molecule has 1 aromatic carbocycles. The Morgan fingerprint density at radius 2 is 1.88 bits per heavy atom. The van der Waals surface area contributed by atoms with Crippen LogP contribution in [0.3, 0.4) is 0 Å². The van der Waals surface area contributed by atoms with E-state index >= 15 is 0 Å². The minimum atomic E-state index is -0.109. The average molecular weight is 321 g/mol. The third kappa shape index (κ3) is 3.04. The molecule has 4 nitrogen and oxygen atoms in total. The number of amides is 1. The molecule has 124 valence electrons. The number of carbonyl (C=O) groups excluding carboxylic acids is 1. The molecule has 0 aliphatic rings. The van der Waals surface area contributed by atoms with E-state index in [9.17, 15) is 4.79 Å². The van der Waals surface area contributed by atoms with Crippen LogP contribution in [-0.2, 0) is 6.42 Å². The third-order valence-electron chi connectivity index (χ3n) is 4.19. The zero-order valence-electron chi connectivity index (χ0n) is 14.7. The van der Waals surface area contributed by atoms with Crippen molar-refractivity contribution in [2.24, 2.45) is 0 Å². The van der Waals surface area contributed by atoms with E-state index in [0.717, 1.165) is 41.0 Å². The number of aromatic nitrogens is 2. The summed E-state index contributed by atoms with van der Waals surface area (Å²) in [6, 6.07) is 10.0. The monoisotopic (exact) mass is 321 g/mol. The van der Waals surface area contributed by atoms with Gasteiger partial charge < -0.3 is 5.32 Å². The lowest BCUT2D eigenvalue weighted by molar-refractivity contribution is 0.102. The SMILES string of the molecule is CCCc1nc2cc(C)ccn2c1C(=O)Nc1ccc(C)cc1C. The van der Waals surface area contributed by atoms with Crippen molar-refractivity contribution in [3.63, 3.8) is 0 Å². The minimum Gasteiger partial charge on any atom is -0.320 e. The zero-order valence-corrected chi connectivity index (χ0v) is 14.7. The van der Waals surface area contributed by atoms with Crippen molar-refractivity contribution in [1.29, 1.82) is 0 Å². The van der Waals surface area contributed by atoms with E-state index in [0.29, 0.717) is 5.69 Å². The average Bonchev–Trinajstić information content (AvgIpc) is 2.87. The molecule has 0 atom stereocenters. The number of imidazole rings is 1. The number of nitrogens with zero attached hydrogens (tertiary/aromatic N) is 2. The summed E-state index contributed by atoms with van der Waals surface area (Å²) in [7, 11) is 0. The fourth-order valence-electron chi connectivity index (χ4n) is 2.98. The highest BCUT2D eigenvalue weighted by Crippen LogP contribution is 2.20. The number of fused-ring (bicyclic) bond motifs is 1. The Hall–Kier alpha value is -2.62. The Morgan fingerprint density at radius 3 is 2.58 bits per heavy atom. The van der Waals surface area contributed by atoms with Crippen molar-refractivity contribution in [2.75, 3.05) is 5.32 Å². The van der Waals surface area contributed by atoms with Crippen molar-refractivity contribution >= 4 is 17.2 Å². The predicted molar refractivity (Wildman–Crippen MR) is 97.8 cm³/mol. The van der Waals surface area contributed by atoms with Crippen molar-refractivity contribution < 1.29 is 4.79 Å². The van der Waals surface area contributed by atoms with Crippen molar-refractivity contribution in [3.8, 4) is 0 Å². The van der Waals surface area contributed by atoms with Crippen LogP contribution >= 0.6 is 0 Å². The van der Waals surface area contributed by atoms with Crippen LogP contribution in [-0.4, -0.2) is 15.3 Å². The topological polar surface area (TPSA) is 46.4 Å². The molecule has 0 spiro atoms. The van der Waals surface area contributed by atoms with Crippen LogP contribution < -0.4 is 5.32 Å². The van der Waals surface area contributed by atoms with Gasteiger partial charge in [0.05, 0.1) is 5.69 Å². The second-order valence-corrected chi connectivity index (χ2v) is 6.36. The van der Waals surface area contributed by atoms with Gasteiger partial charge in [-0.05, 0) is 56.5 Å². The van der Waals surface area contributed by atoms with Gasteiger partial charge in [0.15, 0.2) is 0 Å². The number of aryl methyl sites for hydroxylation is 4. The molecule has 3 aromatic rings. The molecule has 2 heterocycles. The van der Waals surface area contributed by atoms with E-state index in [4.69, 9.17) is 0 Å². The first kappa shape index (κ1) is 16.2. The number of rotatable bonds is 4. The molecule has 1 N–H and O–H groups in total. The molecule has 0 unspecified atom stereocenters. The van der Waals surface area contributed by atoms with Gasteiger partial charge >= 0.3 is 0 Å². The molecule has 0 aliphatic carbocycles. The molecule has 0 saturated carbocycles. The van der Waals surface area contributed by atoms with Crippen LogP contribution in [0, 0.1) is 20.8 Å². The third-order valence-corrected chi connectivity index (χ3v) is 4.19. The Balaban J connectivity index is 2.03. The van der Waals surface area contributed by atoms with Gasteiger partial charge in [0.25, 0.3) is 5.91 Å².